The van der Waals surface area contributed by atoms with Gasteiger partial charge in [-0.25, -0.2) is 5.01 Å². The Morgan fingerprint density at radius 2 is 1.57 bits per heavy atom. The molecule has 1 heterocycles. The molecule has 3 aromatic rings. The largest absolute Gasteiger partial charge is 0.360 e. The first-order valence-corrected chi connectivity index (χ1v) is 9.06. The molecule has 1 aliphatic heterocycles. The van der Waals surface area contributed by atoms with Gasteiger partial charge in [0.2, 0.25) is 5.72 Å². The Balaban J connectivity index is 1.79. The summed E-state index contributed by atoms with van der Waals surface area (Å²) in [5, 5.41) is 32.0. The van der Waals surface area contributed by atoms with Gasteiger partial charge in [-0.15, -0.1) is 5.11 Å². The fourth-order valence-electron chi connectivity index (χ4n) is 3.17. The third-order valence-electron chi connectivity index (χ3n) is 4.71. The third kappa shape index (κ3) is 3.36. The van der Waals surface area contributed by atoms with Crippen LogP contribution in [0.1, 0.15) is 15.9 Å². The molecular formula is C22H16N4O4. The molecule has 0 aliphatic carbocycles. The van der Waals surface area contributed by atoms with Gasteiger partial charge in [0.1, 0.15) is 5.70 Å². The molecule has 148 valence electrons. The maximum atomic E-state index is 12.7. The Bertz CT molecular complexity index is 1140. The highest BCUT2D eigenvalue weighted by molar-refractivity contribution is 6.05. The number of rotatable bonds is 5. The number of carbonyl (C=O) groups excluding carboxylic acids is 1. The molecule has 4 rings (SSSR count). The highest BCUT2D eigenvalue weighted by atomic mass is 16.6. The number of ketones is 1. The van der Waals surface area contributed by atoms with Crippen molar-refractivity contribution in [2.45, 2.75) is 5.72 Å². The van der Waals surface area contributed by atoms with Gasteiger partial charge in [0, 0.05) is 29.3 Å². The van der Waals surface area contributed by atoms with Crippen molar-refractivity contribution in [2.24, 2.45) is 10.3 Å². The van der Waals surface area contributed by atoms with Gasteiger partial charge in [-0.05, 0) is 12.1 Å². The molecule has 1 aliphatic rings. The number of nitro benzene ring substituents is 1. The van der Waals surface area contributed by atoms with Gasteiger partial charge in [0.15, 0.2) is 5.78 Å². The van der Waals surface area contributed by atoms with E-state index in [1.54, 1.807) is 60.7 Å². The van der Waals surface area contributed by atoms with Gasteiger partial charge in [0.25, 0.3) is 5.69 Å². The summed E-state index contributed by atoms with van der Waals surface area (Å²) in [4.78, 5) is 23.1. The summed E-state index contributed by atoms with van der Waals surface area (Å²) in [7, 11) is 0. The van der Waals surface area contributed by atoms with Crippen LogP contribution in [0.15, 0.2) is 107 Å². The van der Waals surface area contributed by atoms with Crippen molar-refractivity contribution in [3.63, 3.8) is 0 Å². The van der Waals surface area contributed by atoms with E-state index in [2.05, 4.69) is 10.3 Å². The molecular weight excluding hydrogens is 384 g/mol. The average Bonchev–Trinajstić information content (AvgIpc) is 3.12. The quantitative estimate of drug-likeness (QED) is 0.296. The number of hydrogen-bond acceptors (Lipinski definition) is 7. The summed E-state index contributed by atoms with van der Waals surface area (Å²) in [5.74, 6) is -0.329. The van der Waals surface area contributed by atoms with Crippen LogP contribution in [-0.2, 0) is 5.72 Å². The lowest BCUT2D eigenvalue weighted by Crippen LogP contribution is -2.41. The lowest BCUT2D eigenvalue weighted by atomic mass is 9.96. The zero-order valence-electron chi connectivity index (χ0n) is 15.6. The SMILES string of the molecule is O=C(/C=C1/N=NN(c2ccc([N+](=O)[O-])cc2)C1(O)c1ccccc1)c1ccccc1. The number of nitrogens with zero attached hydrogens (tertiary/aromatic N) is 4. The van der Waals surface area contributed by atoms with Crippen LogP contribution in [0.25, 0.3) is 0 Å². The molecule has 0 amide bonds. The summed E-state index contributed by atoms with van der Waals surface area (Å²) in [6.45, 7) is 0. The summed E-state index contributed by atoms with van der Waals surface area (Å²) in [6, 6.07) is 22.9. The molecule has 8 nitrogen and oxygen atoms in total. The van der Waals surface area contributed by atoms with Crippen molar-refractivity contribution in [2.75, 3.05) is 5.01 Å². The molecule has 1 atom stereocenters. The average molecular weight is 400 g/mol. The second kappa shape index (κ2) is 7.69. The molecule has 1 unspecified atom stereocenters. The molecule has 1 N–H and O–H groups in total. The first kappa shape index (κ1) is 19.2. The maximum Gasteiger partial charge on any atom is 0.269 e. The molecule has 0 fully saturated rings. The van der Waals surface area contributed by atoms with E-state index >= 15 is 0 Å². The van der Waals surface area contributed by atoms with Crippen molar-refractivity contribution >= 4 is 17.2 Å². The molecule has 0 aromatic heterocycles. The minimum atomic E-state index is -1.86. The van der Waals surface area contributed by atoms with Crippen LogP contribution in [0, 0.1) is 10.1 Å². The van der Waals surface area contributed by atoms with E-state index in [0.717, 1.165) is 0 Å². The van der Waals surface area contributed by atoms with Crippen LogP contribution in [0.3, 0.4) is 0 Å². The standard InChI is InChI=1S/C22H16N4O4/c27-20(16-7-3-1-4-8-16)15-21-22(28,17-9-5-2-6-10-17)25(24-23-21)18-11-13-19(14-12-18)26(29)30/h1-15,28H/b21-15+. The molecule has 8 heteroatoms. The van der Waals surface area contributed by atoms with E-state index in [9.17, 15) is 20.0 Å². The molecule has 3 aromatic carbocycles. The van der Waals surface area contributed by atoms with Gasteiger partial charge in [0.05, 0.1) is 10.6 Å². The zero-order valence-corrected chi connectivity index (χ0v) is 15.6. The number of anilines is 1. The van der Waals surface area contributed by atoms with Gasteiger partial charge in [-0.2, -0.15) is 0 Å². The van der Waals surface area contributed by atoms with Crippen molar-refractivity contribution < 1.29 is 14.8 Å². The van der Waals surface area contributed by atoms with Gasteiger partial charge in [-0.3, -0.25) is 14.9 Å². The Labute approximate surface area is 171 Å². The molecule has 0 radical (unpaired) electrons. The predicted octanol–water partition coefficient (Wildman–Crippen LogP) is 4.39. The predicted molar refractivity (Wildman–Crippen MR) is 110 cm³/mol. The van der Waals surface area contributed by atoms with Gasteiger partial charge in [-0.1, -0.05) is 65.9 Å². The Morgan fingerprint density at radius 3 is 2.17 bits per heavy atom. The summed E-state index contributed by atoms with van der Waals surface area (Å²) < 4.78 is 0. The summed E-state index contributed by atoms with van der Waals surface area (Å²) in [6.07, 6.45) is 1.25. The highest BCUT2D eigenvalue weighted by Gasteiger charge is 2.46. The van der Waals surface area contributed by atoms with E-state index in [-0.39, 0.29) is 17.2 Å². The summed E-state index contributed by atoms with van der Waals surface area (Å²) in [5.41, 5.74) is -0.632. The fraction of sp³-hybridized carbons (Fsp3) is 0.0455. The smallest absolute Gasteiger partial charge is 0.269 e. The number of non-ortho nitro benzene ring substituents is 1. The van der Waals surface area contributed by atoms with Crippen LogP contribution in [0.5, 0.6) is 0 Å². The number of hydrogen-bond donors (Lipinski definition) is 1. The molecule has 0 saturated carbocycles. The van der Waals surface area contributed by atoms with E-state index < -0.39 is 10.6 Å². The van der Waals surface area contributed by atoms with Crippen LogP contribution in [0.4, 0.5) is 11.4 Å². The fourth-order valence-corrected chi connectivity index (χ4v) is 3.17. The molecule has 30 heavy (non-hydrogen) atoms. The first-order chi connectivity index (χ1) is 14.5. The van der Waals surface area contributed by atoms with Crippen molar-refractivity contribution in [3.8, 4) is 0 Å². The minimum Gasteiger partial charge on any atom is -0.360 e. The van der Waals surface area contributed by atoms with E-state index in [1.165, 1.54) is 35.4 Å². The minimum absolute atomic E-state index is 0.0425. The normalized spacial score (nSPS) is 19.2. The zero-order chi connectivity index (χ0) is 21.1. The van der Waals surface area contributed by atoms with Gasteiger partial charge < -0.3 is 5.11 Å². The highest BCUT2D eigenvalue weighted by Crippen LogP contribution is 2.43. The Hall–Kier alpha value is -4.17. The molecule has 0 saturated heterocycles. The van der Waals surface area contributed by atoms with Crippen LogP contribution >= 0.6 is 0 Å². The molecule has 0 bridgehead atoms. The second-order valence-corrected chi connectivity index (χ2v) is 6.57. The number of carbonyl (C=O) groups is 1. The first-order valence-electron chi connectivity index (χ1n) is 9.06. The van der Waals surface area contributed by atoms with Crippen molar-refractivity contribution in [1.82, 2.24) is 0 Å². The van der Waals surface area contributed by atoms with Crippen LogP contribution in [-0.4, -0.2) is 15.8 Å². The molecule has 0 spiro atoms. The Morgan fingerprint density at radius 1 is 0.967 bits per heavy atom. The van der Waals surface area contributed by atoms with Crippen molar-refractivity contribution in [3.05, 3.63) is 118 Å². The Kier molecular flexibility index (Phi) is 4.91. The topological polar surface area (TPSA) is 108 Å². The van der Waals surface area contributed by atoms with Crippen LogP contribution in [0.2, 0.25) is 0 Å². The maximum absolute atomic E-state index is 12.7. The number of nitro groups is 1. The van der Waals surface area contributed by atoms with E-state index in [4.69, 9.17) is 0 Å². The van der Waals surface area contributed by atoms with Crippen molar-refractivity contribution in [1.29, 1.82) is 0 Å². The second-order valence-electron chi connectivity index (χ2n) is 6.57. The number of aliphatic hydroxyl groups is 1. The third-order valence-corrected chi connectivity index (χ3v) is 4.71. The lowest BCUT2D eigenvalue weighted by molar-refractivity contribution is -0.384. The number of allylic oxidation sites excluding steroid dienone is 1. The van der Waals surface area contributed by atoms with Gasteiger partial charge >= 0.3 is 0 Å². The van der Waals surface area contributed by atoms with Crippen LogP contribution < -0.4 is 5.01 Å². The lowest BCUT2D eigenvalue weighted by Gasteiger charge is -2.32. The summed E-state index contributed by atoms with van der Waals surface area (Å²) >= 11 is 0. The van der Waals surface area contributed by atoms with E-state index in [1.807, 2.05) is 0 Å². The number of benzene rings is 3. The van der Waals surface area contributed by atoms with E-state index in [0.29, 0.717) is 16.8 Å². The monoisotopic (exact) mass is 400 g/mol.